The van der Waals surface area contributed by atoms with Gasteiger partial charge < -0.3 is 15.4 Å². The van der Waals surface area contributed by atoms with Crippen LogP contribution < -0.4 is 20.9 Å². The number of nitrogens with zero attached hydrogens (tertiary/aromatic N) is 2. The molecule has 8 nitrogen and oxygen atoms in total. The Morgan fingerprint density at radius 2 is 1.58 bits per heavy atom. The number of aromatic nitrogens is 2. The predicted molar refractivity (Wildman–Crippen MR) is 119 cm³/mol. The van der Waals surface area contributed by atoms with Gasteiger partial charge in [0.1, 0.15) is 0 Å². The van der Waals surface area contributed by atoms with Gasteiger partial charge in [-0.15, -0.1) is 5.10 Å². The number of hydrogen-bond donors (Lipinski definition) is 2. The molecule has 1 unspecified atom stereocenters. The van der Waals surface area contributed by atoms with E-state index in [4.69, 9.17) is 4.74 Å². The average molecular weight is 420 g/mol. The Bertz CT molecular complexity index is 1170. The maximum atomic E-state index is 12.5. The van der Waals surface area contributed by atoms with Crippen LogP contribution in [0.25, 0.3) is 5.69 Å². The number of hydrogen-bond acceptors (Lipinski definition) is 5. The monoisotopic (exact) mass is 420 g/mol. The number of nitrogens with one attached hydrogen (secondary N) is 2. The molecule has 1 aromatic heterocycles. The highest BCUT2D eigenvalue weighted by Gasteiger charge is 2.16. The normalized spacial score (nSPS) is 11.5. The van der Waals surface area contributed by atoms with Gasteiger partial charge in [-0.2, -0.15) is 4.68 Å². The molecule has 0 spiro atoms. The Morgan fingerprint density at radius 1 is 0.935 bits per heavy atom. The van der Waals surface area contributed by atoms with Gasteiger partial charge in [0, 0.05) is 30.4 Å². The number of rotatable bonds is 6. The second kappa shape index (κ2) is 9.25. The molecule has 3 aromatic rings. The van der Waals surface area contributed by atoms with E-state index in [-0.39, 0.29) is 23.3 Å². The summed E-state index contributed by atoms with van der Waals surface area (Å²) in [5.74, 6) is -0.395. The highest BCUT2D eigenvalue weighted by atomic mass is 16.5. The van der Waals surface area contributed by atoms with Crippen LogP contribution in [0.2, 0.25) is 0 Å². The minimum atomic E-state index is -0.853. The molecular weight excluding hydrogens is 396 g/mol. The van der Waals surface area contributed by atoms with Gasteiger partial charge in [-0.1, -0.05) is 6.07 Å². The molecule has 3 rings (SSSR count). The quantitative estimate of drug-likeness (QED) is 0.638. The van der Waals surface area contributed by atoms with Crippen LogP contribution in [0.4, 0.5) is 11.4 Å². The SMILES string of the molecule is CC(=O)Nc1ccc(NC(=O)C(C)Oc2ccc(=O)n(-c3ccc(C)c(C)c3)n2)cc1. The fourth-order valence-electron chi connectivity index (χ4n) is 2.82. The van der Waals surface area contributed by atoms with E-state index < -0.39 is 6.10 Å². The van der Waals surface area contributed by atoms with Gasteiger partial charge in [0.05, 0.1) is 5.69 Å². The first-order valence-corrected chi connectivity index (χ1v) is 9.76. The molecule has 0 aliphatic heterocycles. The van der Waals surface area contributed by atoms with E-state index in [1.54, 1.807) is 37.3 Å². The average Bonchev–Trinajstić information content (AvgIpc) is 2.72. The molecule has 0 aliphatic rings. The minimum Gasteiger partial charge on any atom is -0.463 e. The lowest BCUT2D eigenvalue weighted by molar-refractivity contribution is -0.122. The van der Waals surface area contributed by atoms with Crippen LogP contribution in [0, 0.1) is 13.8 Å². The molecule has 0 fully saturated rings. The Morgan fingerprint density at radius 3 is 2.19 bits per heavy atom. The van der Waals surface area contributed by atoms with Crippen LogP contribution in [0.5, 0.6) is 5.88 Å². The van der Waals surface area contributed by atoms with Crippen molar-refractivity contribution in [1.82, 2.24) is 9.78 Å². The van der Waals surface area contributed by atoms with E-state index in [9.17, 15) is 14.4 Å². The van der Waals surface area contributed by atoms with Gasteiger partial charge in [0.15, 0.2) is 6.10 Å². The Kier molecular flexibility index (Phi) is 6.49. The van der Waals surface area contributed by atoms with Crippen molar-refractivity contribution in [2.24, 2.45) is 0 Å². The number of aryl methyl sites for hydroxylation is 2. The van der Waals surface area contributed by atoms with Gasteiger partial charge in [0.25, 0.3) is 11.5 Å². The van der Waals surface area contributed by atoms with Crippen molar-refractivity contribution in [3.05, 3.63) is 76.1 Å². The molecule has 1 atom stereocenters. The summed E-state index contributed by atoms with van der Waals surface area (Å²) >= 11 is 0. The summed E-state index contributed by atoms with van der Waals surface area (Å²) < 4.78 is 6.90. The molecule has 8 heteroatoms. The first kappa shape index (κ1) is 21.8. The fourth-order valence-corrected chi connectivity index (χ4v) is 2.82. The Hall–Kier alpha value is -3.94. The summed E-state index contributed by atoms with van der Waals surface area (Å²) in [6, 6.07) is 15.1. The lowest BCUT2D eigenvalue weighted by Gasteiger charge is -2.15. The van der Waals surface area contributed by atoms with Gasteiger partial charge in [0.2, 0.25) is 11.8 Å². The Labute approximate surface area is 179 Å². The van der Waals surface area contributed by atoms with Gasteiger partial charge >= 0.3 is 0 Å². The number of amides is 2. The maximum Gasteiger partial charge on any atom is 0.271 e. The topological polar surface area (TPSA) is 102 Å². The molecule has 160 valence electrons. The number of anilines is 2. The van der Waals surface area contributed by atoms with Gasteiger partial charge in [-0.05, 0) is 68.3 Å². The van der Waals surface area contributed by atoms with Gasteiger partial charge in [-0.25, -0.2) is 0 Å². The van der Waals surface area contributed by atoms with Crippen LogP contribution >= 0.6 is 0 Å². The third kappa shape index (κ3) is 5.57. The summed E-state index contributed by atoms with van der Waals surface area (Å²) in [5, 5.41) is 9.64. The summed E-state index contributed by atoms with van der Waals surface area (Å²) in [7, 11) is 0. The molecule has 0 bridgehead atoms. The van der Waals surface area contributed by atoms with Crippen molar-refractivity contribution >= 4 is 23.2 Å². The van der Waals surface area contributed by atoms with Crippen LogP contribution in [-0.2, 0) is 9.59 Å². The maximum absolute atomic E-state index is 12.5. The summed E-state index contributed by atoms with van der Waals surface area (Å²) in [6.45, 7) is 6.96. The molecule has 0 saturated carbocycles. The highest BCUT2D eigenvalue weighted by Crippen LogP contribution is 2.16. The predicted octanol–water partition coefficient (Wildman–Crippen LogP) is 3.21. The fraction of sp³-hybridized carbons (Fsp3) is 0.217. The van der Waals surface area contributed by atoms with Crippen LogP contribution in [0.3, 0.4) is 0 Å². The zero-order chi connectivity index (χ0) is 22.5. The zero-order valence-electron chi connectivity index (χ0n) is 17.8. The van der Waals surface area contributed by atoms with Crippen LogP contribution in [-0.4, -0.2) is 27.7 Å². The van der Waals surface area contributed by atoms with Gasteiger partial charge in [-0.3, -0.25) is 14.4 Å². The van der Waals surface area contributed by atoms with Crippen LogP contribution in [0.1, 0.15) is 25.0 Å². The van der Waals surface area contributed by atoms with E-state index in [2.05, 4.69) is 15.7 Å². The van der Waals surface area contributed by atoms with E-state index in [1.165, 1.54) is 23.7 Å². The molecular formula is C23H24N4O4. The van der Waals surface area contributed by atoms with Crippen molar-refractivity contribution in [2.75, 3.05) is 10.6 Å². The van der Waals surface area contributed by atoms with Crippen molar-refractivity contribution in [3.8, 4) is 11.6 Å². The highest BCUT2D eigenvalue weighted by molar-refractivity contribution is 5.94. The number of carbonyl (C=O) groups is 2. The molecule has 1 heterocycles. The van der Waals surface area contributed by atoms with Crippen LogP contribution in [0.15, 0.2) is 59.4 Å². The van der Waals surface area contributed by atoms with E-state index in [1.807, 2.05) is 26.0 Å². The van der Waals surface area contributed by atoms with E-state index in [0.717, 1.165) is 11.1 Å². The largest absolute Gasteiger partial charge is 0.463 e. The van der Waals surface area contributed by atoms with Crippen molar-refractivity contribution < 1.29 is 14.3 Å². The summed E-state index contributed by atoms with van der Waals surface area (Å²) in [4.78, 5) is 35.8. The molecule has 0 radical (unpaired) electrons. The second-order valence-corrected chi connectivity index (χ2v) is 7.20. The molecule has 31 heavy (non-hydrogen) atoms. The van der Waals surface area contributed by atoms with Crippen molar-refractivity contribution in [3.63, 3.8) is 0 Å². The van der Waals surface area contributed by atoms with Crippen molar-refractivity contribution in [2.45, 2.75) is 33.8 Å². The van der Waals surface area contributed by atoms with E-state index >= 15 is 0 Å². The first-order valence-electron chi connectivity index (χ1n) is 9.76. The smallest absolute Gasteiger partial charge is 0.271 e. The van der Waals surface area contributed by atoms with Crippen molar-refractivity contribution in [1.29, 1.82) is 0 Å². The van der Waals surface area contributed by atoms with E-state index in [0.29, 0.717) is 17.1 Å². The molecule has 2 amide bonds. The number of benzene rings is 2. The number of carbonyl (C=O) groups excluding carboxylic acids is 2. The molecule has 0 aliphatic carbocycles. The lowest BCUT2D eigenvalue weighted by Crippen LogP contribution is -2.31. The standard InChI is InChI=1S/C23H24N4O4/c1-14-5-10-20(13-15(14)2)27-22(29)12-11-21(26-27)31-16(3)23(30)25-19-8-6-18(7-9-19)24-17(4)28/h5-13,16H,1-4H3,(H,24,28)(H,25,30). The lowest BCUT2D eigenvalue weighted by atomic mass is 10.1. The molecule has 2 aromatic carbocycles. The minimum absolute atomic E-state index is 0.154. The molecule has 2 N–H and O–H groups in total. The third-order valence-corrected chi connectivity index (χ3v) is 4.65. The third-order valence-electron chi connectivity index (χ3n) is 4.65. The summed E-state index contributed by atoms with van der Waals surface area (Å²) in [5.41, 5.74) is 3.66. The Balaban J connectivity index is 1.70. The summed E-state index contributed by atoms with van der Waals surface area (Å²) in [6.07, 6.45) is -0.853. The zero-order valence-corrected chi connectivity index (χ0v) is 17.8. The number of ether oxygens (including phenoxy) is 1. The molecule has 0 saturated heterocycles. The second-order valence-electron chi connectivity index (χ2n) is 7.20. The first-order chi connectivity index (χ1) is 14.7.